The van der Waals surface area contributed by atoms with Crippen molar-refractivity contribution < 1.29 is 27.4 Å². The van der Waals surface area contributed by atoms with Gasteiger partial charge in [-0.3, -0.25) is 14.0 Å². The number of benzene rings is 1. The topological polar surface area (TPSA) is 97.4 Å². The summed E-state index contributed by atoms with van der Waals surface area (Å²) >= 11 is 0. The molecule has 0 atom stereocenters. The van der Waals surface area contributed by atoms with Gasteiger partial charge in [-0.2, -0.15) is 0 Å². The van der Waals surface area contributed by atoms with Gasteiger partial charge < -0.3 is 19.5 Å². The van der Waals surface area contributed by atoms with Crippen molar-refractivity contribution in [3.05, 3.63) is 18.2 Å². The second-order valence-electron chi connectivity index (χ2n) is 6.47. The van der Waals surface area contributed by atoms with Gasteiger partial charge in [0.1, 0.15) is 6.54 Å². The Morgan fingerprint density at radius 1 is 1.21 bits per heavy atom. The first-order valence-corrected chi connectivity index (χ1v) is 11.0. The first-order chi connectivity index (χ1) is 13.3. The standard InChI is InChI=1S/C18H29N3O6S/c1-25-16-6-5-15(13-17(16)26-2)21(28(3,23)24)14-18(22)19-7-4-8-20-9-11-27-12-10-20/h5-6,13H,4,7-12,14H2,1-3H3,(H,19,22). The minimum Gasteiger partial charge on any atom is -0.493 e. The normalized spacial score (nSPS) is 15.1. The number of methoxy groups -OCH3 is 2. The highest BCUT2D eigenvalue weighted by atomic mass is 32.2. The lowest BCUT2D eigenvalue weighted by molar-refractivity contribution is -0.119. The van der Waals surface area contributed by atoms with Gasteiger partial charge >= 0.3 is 0 Å². The van der Waals surface area contributed by atoms with Crippen LogP contribution in [0.25, 0.3) is 0 Å². The fraction of sp³-hybridized carbons (Fsp3) is 0.611. The van der Waals surface area contributed by atoms with Crippen LogP contribution >= 0.6 is 0 Å². The lowest BCUT2D eigenvalue weighted by Gasteiger charge is -2.26. The number of morpholine rings is 1. The molecule has 9 nitrogen and oxygen atoms in total. The van der Waals surface area contributed by atoms with E-state index in [9.17, 15) is 13.2 Å². The van der Waals surface area contributed by atoms with E-state index in [-0.39, 0.29) is 12.5 Å². The zero-order valence-corrected chi connectivity index (χ0v) is 17.5. The molecule has 2 rings (SSSR count). The van der Waals surface area contributed by atoms with Crippen LogP contribution in [-0.2, 0) is 19.6 Å². The first-order valence-electron chi connectivity index (χ1n) is 9.11. The number of hydrogen-bond acceptors (Lipinski definition) is 7. The predicted octanol–water partition coefficient (Wildman–Crippen LogP) is 0.308. The summed E-state index contributed by atoms with van der Waals surface area (Å²) in [6, 6.07) is 4.71. The van der Waals surface area contributed by atoms with Gasteiger partial charge in [0.2, 0.25) is 15.9 Å². The van der Waals surface area contributed by atoms with Crippen LogP contribution in [0.3, 0.4) is 0 Å². The van der Waals surface area contributed by atoms with Gasteiger partial charge in [-0.1, -0.05) is 0 Å². The van der Waals surface area contributed by atoms with Crippen molar-refractivity contribution in [2.45, 2.75) is 6.42 Å². The van der Waals surface area contributed by atoms with E-state index in [1.165, 1.54) is 20.3 Å². The fourth-order valence-electron chi connectivity index (χ4n) is 2.92. The van der Waals surface area contributed by atoms with E-state index in [1.807, 2.05) is 0 Å². The summed E-state index contributed by atoms with van der Waals surface area (Å²) in [6.07, 6.45) is 1.86. The molecule has 0 saturated carbocycles. The highest BCUT2D eigenvalue weighted by molar-refractivity contribution is 7.92. The molecule has 0 aromatic heterocycles. The van der Waals surface area contributed by atoms with E-state index in [1.54, 1.807) is 12.1 Å². The van der Waals surface area contributed by atoms with E-state index in [0.717, 1.165) is 49.8 Å². The van der Waals surface area contributed by atoms with E-state index in [2.05, 4.69) is 10.2 Å². The number of anilines is 1. The van der Waals surface area contributed by atoms with E-state index in [0.29, 0.717) is 23.7 Å². The minimum atomic E-state index is -3.65. The second-order valence-corrected chi connectivity index (χ2v) is 8.37. The van der Waals surface area contributed by atoms with E-state index >= 15 is 0 Å². The van der Waals surface area contributed by atoms with Crippen molar-refractivity contribution in [1.29, 1.82) is 0 Å². The fourth-order valence-corrected chi connectivity index (χ4v) is 3.77. The van der Waals surface area contributed by atoms with Crippen LogP contribution < -0.4 is 19.1 Å². The smallest absolute Gasteiger partial charge is 0.240 e. The number of nitrogens with zero attached hydrogens (tertiary/aromatic N) is 2. The molecule has 1 aliphatic heterocycles. The third-order valence-corrected chi connectivity index (χ3v) is 5.56. The SMILES string of the molecule is COc1ccc(N(CC(=O)NCCCN2CCOCC2)S(C)(=O)=O)cc1OC. The molecule has 0 unspecified atom stereocenters. The number of rotatable bonds is 10. The minimum absolute atomic E-state index is 0.300. The molecule has 0 radical (unpaired) electrons. The third kappa shape index (κ3) is 6.54. The summed E-state index contributed by atoms with van der Waals surface area (Å²) in [4.78, 5) is 14.6. The summed E-state index contributed by atoms with van der Waals surface area (Å²) in [7, 11) is -0.689. The van der Waals surface area contributed by atoms with Crippen molar-refractivity contribution in [2.75, 3.05) is 70.7 Å². The largest absolute Gasteiger partial charge is 0.493 e. The number of sulfonamides is 1. The van der Waals surface area contributed by atoms with Gasteiger partial charge in [-0.25, -0.2) is 8.42 Å². The molecule has 1 saturated heterocycles. The molecule has 10 heteroatoms. The van der Waals surface area contributed by atoms with Gasteiger partial charge in [0, 0.05) is 25.7 Å². The van der Waals surface area contributed by atoms with Crippen LogP contribution in [0.15, 0.2) is 18.2 Å². The molecule has 1 aromatic rings. The summed E-state index contributed by atoms with van der Waals surface area (Å²) in [6.45, 7) is 4.33. The first kappa shape index (κ1) is 22.3. The maximum absolute atomic E-state index is 12.3. The second kappa shape index (κ2) is 10.5. The van der Waals surface area contributed by atoms with Crippen LogP contribution in [-0.4, -0.2) is 85.6 Å². The Balaban J connectivity index is 1.93. The molecule has 1 aromatic carbocycles. The number of nitrogens with one attached hydrogen (secondary N) is 1. The highest BCUT2D eigenvalue weighted by Gasteiger charge is 2.22. The number of carbonyl (C=O) groups is 1. The average molecular weight is 416 g/mol. The van der Waals surface area contributed by atoms with Crippen LogP contribution in [0.1, 0.15) is 6.42 Å². The van der Waals surface area contributed by atoms with Gasteiger partial charge in [0.25, 0.3) is 0 Å². The summed E-state index contributed by atoms with van der Waals surface area (Å²) < 4.78 is 41.2. The van der Waals surface area contributed by atoms with E-state index in [4.69, 9.17) is 14.2 Å². The zero-order valence-electron chi connectivity index (χ0n) is 16.6. The molecule has 1 fully saturated rings. The summed E-state index contributed by atoms with van der Waals surface area (Å²) in [5.41, 5.74) is 0.337. The molecule has 0 bridgehead atoms. The van der Waals surface area contributed by atoms with Crippen LogP contribution in [0.4, 0.5) is 5.69 Å². The Morgan fingerprint density at radius 2 is 1.89 bits per heavy atom. The van der Waals surface area contributed by atoms with Gasteiger partial charge in [0.15, 0.2) is 11.5 Å². The number of carbonyl (C=O) groups excluding carboxylic acids is 1. The third-order valence-electron chi connectivity index (χ3n) is 4.42. The van der Waals surface area contributed by atoms with Crippen molar-refractivity contribution in [3.8, 4) is 11.5 Å². The molecule has 158 valence electrons. The highest BCUT2D eigenvalue weighted by Crippen LogP contribution is 2.32. The lowest BCUT2D eigenvalue weighted by atomic mass is 10.2. The Labute approximate surface area is 166 Å². The maximum atomic E-state index is 12.3. The van der Waals surface area contributed by atoms with Crippen LogP contribution in [0, 0.1) is 0 Å². The Hall–Kier alpha value is -2.04. The molecule has 1 N–H and O–H groups in total. The summed E-state index contributed by atoms with van der Waals surface area (Å²) in [5.74, 6) is 0.508. The Morgan fingerprint density at radius 3 is 2.50 bits per heavy atom. The molecular formula is C18H29N3O6S. The number of amides is 1. The summed E-state index contributed by atoms with van der Waals surface area (Å²) in [5, 5.41) is 2.79. The van der Waals surface area contributed by atoms with Crippen molar-refractivity contribution in [1.82, 2.24) is 10.2 Å². The van der Waals surface area contributed by atoms with Crippen LogP contribution in [0.2, 0.25) is 0 Å². The number of ether oxygens (including phenoxy) is 3. The molecular weight excluding hydrogens is 386 g/mol. The van der Waals surface area contributed by atoms with Crippen molar-refractivity contribution in [3.63, 3.8) is 0 Å². The molecule has 1 aliphatic rings. The lowest BCUT2D eigenvalue weighted by Crippen LogP contribution is -2.42. The average Bonchev–Trinajstić information content (AvgIpc) is 2.69. The molecule has 28 heavy (non-hydrogen) atoms. The molecule has 0 spiro atoms. The number of hydrogen-bond donors (Lipinski definition) is 1. The van der Waals surface area contributed by atoms with Gasteiger partial charge in [0.05, 0.1) is 39.4 Å². The van der Waals surface area contributed by atoms with Crippen molar-refractivity contribution in [2.24, 2.45) is 0 Å². The van der Waals surface area contributed by atoms with E-state index < -0.39 is 10.0 Å². The molecule has 1 heterocycles. The Bertz CT molecular complexity index is 750. The Kier molecular flexibility index (Phi) is 8.34. The maximum Gasteiger partial charge on any atom is 0.240 e. The van der Waals surface area contributed by atoms with Crippen molar-refractivity contribution >= 4 is 21.6 Å². The molecule has 0 aliphatic carbocycles. The monoisotopic (exact) mass is 415 g/mol. The molecule has 1 amide bonds. The van der Waals surface area contributed by atoms with Gasteiger partial charge in [-0.05, 0) is 25.1 Å². The van der Waals surface area contributed by atoms with Crippen LogP contribution in [0.5, 0.6) is 11.5 Å². The quantitative estimate of drug-likeness (QED) is 0.549. The predicted molar refractivity (Wildman–Crippen MR) is 107 cm³/mol. The van der Waals surface area contributed by atoms with Gasteiger partial charge in [-0.15, -0.1) is 0 Å². The zero-order chi connectivity index (χ0) is 20.6.